The second-order valence-electron chi connectivity index (χ2n) is 9.33. The maximum Gasteiger partial charge on any atom is 0.296 e. The van der Waals surface area contributed by atoms with Crippen molar-refractivity contribution in [3.63, 3.8) is 0 Å². The molecule has 1 fully saturated rings. The number of ether oxygens (including phenoxy) is 2. The highest BCUT2D eigenvalue weighted by atomic mass is 32.2. The van der Waals surface area contributed by atoms with Gasteiger partial charge in [0, 0.05) is 18.3 Å². The fourth-order valence-corrected chi connectivity index (χ4v) is 5.13. The minimum absolute atomic E-state index is 0.0614. The first-order chi connectivity index (χ1) is 15.8. The molecule has 3 rings (SSSR count). The topological polar surface area (TPSA) is 105 Å². The quantitative estimate of drug-likeness (QED) is 0.441. The molecule has 1 aliphatic rings. The Morgan fingerprint density at radius 2 is 1.06 bits per heavy atom. The Morgan fingerprint density at radius 3 is 1.41 bits per heavy atom. The fourth-order valence-electron chi connectivity index (χ4n) is 3.31. The first-order valence-corrected chi connectivity index (χ1v) is 13.8. The van der Waals surface area contributed by atoms with Gasteiger partial charge >= 0.3 is 0 Å². The van der Waals surface area contributed by atoms with E-state index in [0.29, 0.717) is 13.2 Å². The van der Waals surface area contributed by atoms with Crippen LogP contribution in [0.1, 0.15) is 37.8 Å². The summed E-state index contributed by atoms with van der Waals surface area (Å²) >= 11 is 0. The van der Waals surface area contributed by atoms with E-state index >= 15 is 0 Å². The molecule has 188 valence electrons. The van der Waals surface area contributed by atoms with Gasteiger partial charge in [-0.2, -0.15) is 16.8 Å². The largest absolute Gasteiger partial charge is 0.349 e. The average molecular weight is 513 g/mol. The molecule has 2 aromatic rings. The summed E-state index contributed by atoms with van der Waals surface area (Å²) in [5, 5.41) is 0. The third kappa shape index (κ3) is 7.10. The van der Waals surface area contributed by atoms with Crippen LogP contribution >= 0.6 is 0 Å². The van der Waals surface area contributed by atoms with Gasteiger partial charge in [0.1, 0.15) is 0 Å². The molecule has 2 aromatic carbocycles. The first-order valence-electron chi connectivity index (χ1n) is 11.0. The number of hydrogen-bond donors (Lipinski definition) is 0. The van der Waals surface area contributed by atoms with E-state index in [0.717, 1.165) is 11.1 Å². The van der Waals surface area contributed by atoms with Crippen molar-refractivity contribution in [2.75, 3.05) is 26.4 Å². The summed E-state index contributed by atoms with van der Waals surface area (Å²) in [5.41, 5.74) is 1.64. The predicted octanol–water partition coefficient (Wildman–Crippen LogP) is 3.96. The molecular formula is C24H32O8S2. The molecule has 0 atom stereocenters. The van der Waals surface area contributed by atoms with E-state index in [2.05, 4.69) is 0 Å². The second-order valence-corrected chi connectivity index (χ2v) is 12.6. The lowest BCUT2D eigenvalue weighted by molar-refractivity contribution is -0.307. The normalized spacial score (nSPS) is 18.0. The third-order valence-electron chi connectivity index (χ3n) is 5.51. The Bertz CT molecular complexity index is 1070. The number of benzene rings is 2. The third-order valence-corrected chi connectivity index (χ3v) is 8.17. The molecular weight excluding hydrogens is 480 g/mol. The van der Waals surface area contributed by atoms with Gasteiger partial charge in [-0.1, -0.05) is 49.2 Å². The average Bonchev–Trinajstić information content (AvgIpc) is 2.76. The van der Waals surface area contributed by atoms with Crippen LogP contribution < -0.4 is 0 Å². The Balaban J connectivity index is 1.64. The van der Waals surface area contributed by atoms with Gasteiger partial charge in [0.15, 0.2) is 5.79 Å². The number of hydrogen-bond acceptors (Lipinski definition) is 8. The van der Waals surface area contributed by atoms with Crippen LogP contribution in [0.2, 0.25) is 0 Å². The van der Waals surface area contributed by atoms with Crippen LogP contribution in [0.15, 0.2) is 58.3 Å². The Morgan fingerprint density at radius 1 is 0.706 bits per heavy atom. The highest BCUT2D eigenvalue weighted by Gasteiger charge is 2.41. The molecule has 34 heavy (non-hydrogen) atoms. The van der Waals surface area contributed by atoms with Crippen LogP contribution in [-0.2, 0) is 38.1 Å². The molecule has 8 nitrogen and oxygen atoms in total. The van der Waals surface area contributed by atoms with E-state index in [1.165, 1.54) is 24.3 Å². The highest BCUT2D eigenvalue weighted by Crippen LogP contribution is 2.34. The lowest BCUT2D eigenvalue weighted by atomic mass is 9.94. The number of aryl methyl sites for hydroxylation is 2. The molecule has 0 bridgehead atoms. The summed E-state index contributed by atoms with van der Waals surface area (Å²) in [6, 6.07) is 12.7. The molecule has 0 radical (unpaired) electrons. The van der Waals surface area contributed by atoms with Gasteiger partial charge < -0.3 is 9.47 Å². The maximum absolute atomic E-state index is 12.5. The van der Waals surface area contributed by atoms with Crippen LogP contribution in [0, 0.1) is 19.3 Å². The van der Waals surface area contributed by atoms with Gasteiger partial charge in [-0.25, -0.2) is 0 Å². The van der Waals surface area contributed by atoms with Crippen molar-refractivity contribution < 1.29 is 34.7 Å². The summed E-state index contributed by atoms with van der Waals surface area (Å²) in [6.07, 6.45) is 0.171. The van der Waals surface area contributed by atoms with Crippen molar-refractivity contribution >= 4 is 20.2 Å². The van der Waals surface area contributed by atoms with Crippen LogP contribution in [0.3, 0.4) is 0 Å². The zero-order chi connectivity index (χ0) is 25.0. The number of rotatable bonds is 10. The predicted molar refractivity (Wildman–Crippen MR) is 126 cm³/mol. The van der Waals surface area contributed by atoms with Crippen LogP contribution in [-0.4, -0.2) is 49.1 Å². The van der Waals surface area contributed by atoms with Crippen LogP contribution in [0.4, 0.5) is 0 Å². The Labute approximate surface area is 202 Å². The van der Waals surface area contributed by atoms with Crippen LogP contribution in [0.5, 0.6) is 0 Å². The van der Waals surface area contributed by atoms with Crippen molar-refractivity contribution in [3.05, 3.63) is 59.7 Å². The van der Waals surface area contributed by atoms with Crippen molar-refractivity contribution in [1.82, 2.24) is 0 Å². The monoisotopic (exact) mass is 512 g/mol. The molecule has 0 N–H and O–H groups in total. The molecule has 10 heteroatoms. The summed E-state index contributed by atoms with van der Waals surface area (Å²) < 4.78 is 72.4. The van der Waals surface area contributed by atoms with Gasteiger partial charge in [0.2, 0.25) is 0 Å². The molecule has 0 aliphatic carbocycles. The van der Waals surface area contributed by atoms with Gasteiger partial charge in [-0.15, -0.1) is 0 Å². The zero-order valence-corrected chi connectivity index (χ0v) is 21.6. The Hall–Kier alpha value is -1.82. The maximum atomic E-state index is 12.5. The molecule has 0 amide bonds. The Kier molecular flexibility index (Phi) is 8.22. The second kappa shape index (κ2) is 10.4. The van der Waals surface area contributed by atoms with Gasteiger partial charge in [0.25, 0.3) is 20.2 Å². The lowest BCUT2D eigenvalue weighted by Gasteiger charge is -2.43. The van der Waals surface area contributed by atoms with E-state index in [4.69, 9.17) is 17.8 Å². The summed E-state index contributed by atoms with van der Waals surface area (Å²) in [6.45, 7) is 8.03. The standard InChI is InChI=1S/C24H32O8S2/c1-19-5-9-21(10-6-19)33(25,26)31-15-13-24(29-17-23(3,4)18-30-24)14-16-32-34(27,28)22-11-7-20(2)8-12-22/h5-12H,13-18H2,1-4H3. The highest BCUT2D eigenvalue weighted by molar-refractivity contribution is 7.87. The van der Waals surface area contributed by atoms with Crippen molar-refractivity contribution in [2.45, 2.75) is 56.1 Å². The molecule has 0 aromatic heterocycles. The van der Waals surface area contributed by atoms with Crippen molar-refractivity contribution in [2.24, 2.45) is 5.41 Å². The molecule has 1 saturated heterocycles. The molecule has 0 unspecified atom stereocenters. The zero-order valence-electron chi connectivity index (χ0n) is 19.9. The summed E-state index contributed by atoms with van der Waals surface area (Å²) in [4.78, 5) is 0.123. The van der Waals surface area contributed by atoms with Gasteiger partial charge in [0.05, 0.1) is 36.2 Å². The molecule has 0 saturated carbocycles. The smallest absolute Gasteiger partial charge is 0.296 e. The van der Waals surface area contributed by atoms with Gasteiger partial charge in [-0.3, -0.25) is 8.37 Å². The SMILES string of the molecule is Cc1ccc(S(=O)(=O)OCCC2(CCOS(=O)(=O)c3ccc(C)cc3)OCC(C)(C)CO2)cc1. The summed E-state index contributed by atoms with van der Waals surface area (Å²) in [7, 11) is -7.90. The van der Waals surface area contributed by atoms with Crippen LogP contribution in [0.25, 0.3) is 0 Å². The van der Waals surface area contributed by atoms with E-state index in [9.17, 15) is 16.8 Å². The lowest BCUT2D eigenvalue weighted by Crippen LogP contribution is -2.49. The molecule has 0 spiro atoms. The van der Waals surface area contributed by atoms with E-state index in [1.807, 2.05) is 27.7 Å². The van der Waals surface area contributed by atoms with Crippen molar-refractivity contribution in [1.29, 1.82) is 0 Å². The fraction of sp³-hybridized carbons (Fsp3) is 0.500. The molecule has 1 aliphatic heterocycles. The minimum Gasteiger partial charge on any atom is -0.349 e. The van der Waals surface area contributed by atoms with E-state index in [-0.39, 0.29) is 41.3 Å². The van der Waals surface area contributed by atoms with E-state index in [1.54, 1.807) is 24.3 Å². The van der Waals surface area contributed by atoms with E-state index < -0.39 is 26.0 Å². The van der Waals surface area contributed by atoms with Crippen molar-refractivity contribution in [3.8, 4) is 0 Å². The summed E-state index contributed by atoms with van der Waals surface area (Å²) in [5.74, 6) is -1.22. The minimum atomic E-state index is -3.95. The first kappa shape index (κ1) is 26.8. The van der Waals surface area contributed by atoms with Gasteiger partial charge in [-0.05, 0) is 38.1 Å². The molecule has 1 heterocycles.